The Hall–Kier alpha value is -0.890. The maximum absolute atomic E-state index is 4.13. The molecule has 1 rings (SSSR count). The van der Waals surface area contributed by atoms with Gasteiger partial charge in [0.2, 0.25) is 0 Å². The van der Waals surface area contributed by atoms with Crippen LogP contribution in [0.25, 0.3) is 0 Å². The molecule has 1 atom stereocenters. The summed E-state index contributed by atoms with van der Waals surface area (Å²) in [5.41, 5.74) is 1.27. The zero-order chi connectivity index (χ0) is 11.6. The van der Waals surface area contributed by atoms with Gasteiger partial charge in [0.1, 0.15) is 0 Å². The predicted octanol–water partition coefficient (Wildman–Crippen LogP) is 3.70. The Morgan fingerprint density at radius 3 is 2.75 bits per heavy atom. The molecule has 0 fully saturated rings. The van der Waals surface area contributed by atoms with Gasteiger partial charge in [-0.3, -0.25) is 4.98 Å². The summed E-state index contributed by atoms with van der Waals surface area (Å²) in [6, 6.07) is 4.54. The van der Waals surface area contributed by atoms with Crippen LogP contribution in [0.3, 0.4) is 0 Å². The fourth-order valence-corrected chi connectivity index (χ4v) is 1.80. The van der Waals surface area contributed by atoms with Gasteiger partial charge in [-0.15, -0.1) is 0 Å². The van der Waals surface area contributed by atoms with Gasteiger partial charge in [0.05, 0.1) is 0 Å². The van der Waals surface area contributed by atoms with Crippen LogP contribution >= 0.6 is 0 Å². The molecule has 0 aromatic carbocycles. The van der Waals surface area contributed by atoms with Gasteiger partial charge in [0.15, 0.2) is 0 Å². The molecule has 0 bridgehead atoms. The number of hydrogen-bond donors (Lipinski definition) is 1. The molecule has 0 amide bonds. The molecule has 90 valence electrons. The monoisotopic (exact) mass is 220 g/mol. The van der Waals surface area contributed by atoms with Gasteiger partial charge in [0.25, 0.3) is 0 Å². The van der Waals surface area contributed by atoms with Crippen molar-refractivity contribution in [1.29, 1.82) is 0 Å². The Bertz CT molecular complexity index is 259. The molecule has 0 saturated carbocycles. The molecular weight excluding hydrogens is 196 g/mol. The molecule has 0 aliphatic heterocycles. The van der Waals surface area contributed by atoms with E-state index in [1.165, 1.54) is 37.7 Å². The van der Waals surface area contributed by atoms with E-state index in [1.807, 2.05) is 18.5 Å². The minimum atomic E-state index is 0.417. The summed E-state index contributed by atoms with van der Waals surface area (Å²) in [7, 11) is 0. The molecule has 1 aromatic rings. The van der Waals surface area contributed by atoms with Gasteiger partial charge < -0.3 is 5.32 Å². The minimum Gasteiger partial charge on any atom is -0.310 e. The van der Waals surface area contributed by atoms with Crippen molar-refractivity contribution in [2.24, 2.45) is 0 Å². The number of nitrogens with zero attached hydrogens (tertiary/aromatic N) is 1. The standard InChI is InChI=1S/C14H24N2/c1-3-4-5-6-7-11-16-13(2)14-9-8-10-15-12-14/h8-10,12-13,16H,3-7,11H2,1-2H3/t13-/m1/s1. The van der Waals surface area contributed by atoms with Crippen molar-refractivity contribution < 1.29 is 0 Å². The highest BCUT2D eigenvalue weighted by Crippen LogP contribution is 2.10. The quantitative estimate of drug-likeness (QED) is 0.676. The average molecular weight is 220 g/mol. The Morgan fingerprint density at radius 2 is 2.06 bits per heavy atom. The van der Waals surface area contributed by atoms with Crippen LogP contribution in [0.5, 0.6) is 0 Å². The van der Waals surface area contributed by atoms with Crippen LogP contribution in [0.4, 0.5) is 0 Å². The lowest BCUT2D eigenvalue weighted by Crippen LogP contribution is -2.19. The molecule has 16 heavy (non-hydrogen) atoms. The molecule has 0 saturated heterocycles. The lowest BCUT2D eigenvalue weighted by Gasteiger charge is -2.13. The molecule has 0 spiro atoms. The maximum atomic E-state index is 4.13. The predicted molar refractivity (Wildman–Crippen MR) is 69.4 cm³/mol. The van der Waals surface area contributed by atoms with E-state index in [-0.39, 0.29) is 0 Å². The van der Waals surface area contributed by atoms with E-state index in [2.05, 4.69) is 30.2 Å². The molecule has 2 heteroatoms. The van der Waals surface area contributed by atoms with Crippen molar-refractivity contribution in [3.05, 3.63) is 30.1 Å². The van der Waals surface area contributed by atoms with Crippen LogP contribution in [0, 0.1) is 0 Å². The van der Waals surface area contributed by atoms with E-state index in [0.29, 0.717) is 6.04 Å². The van der Waals surface area contributed by atoms with Crippen molar-refractivity contribution in [3.8, 4) is 0 Å². The first-order valence-electron chi connectivity index (χ1n) is 6.48. The molecule has 1 N–H and O–H groups in total. The van der Waals surface area contributed by atoms with E-state index in [1.54, 1.807) is 0 Å². The van der Waals surface area contributed by atoms with Gasteiger partial charge in [-0.05, 0) is 31.5 Å². The first-order chi connectivity index (χ1) is 7.84. The molecule has 0 aliphatic rings. The fraction of sp³-hybridized carbons (Fsp3) is 0.643. The van der Waals surface area contributed by atoms with E-state index in [4.69, 9.17) is 0 Å². The van der Waals surface area contributed by atoms with Crippen LogP contribution in [0.15, 0.2) is 24.5 Å². The highest BCUT2D eigenvalue weighted by atomic mass is 14.9. The summed E-state index contributed by atoms with van der Waals surface area (Å²) >= 11 is 0. The second-order valence-electron chi connectivity index (χ2n) is 4.38. The highest BCUT2D eigenvalue weighted by Gasteiger charge is 2.02. The Kier molecular flexibility index (Phi) is 6.82. The van der Waals surface area contributed by atoms with Crippen molar-refractivity contribution in [1.82, 2.24) is 10.3 Å². The minimum absolute atomic E-state index is 0.417. The number of unbranched alkanes of at least 4 members (excludes halogenated alkanes) is 4. The van der Waals surface area contributed by atoms with Gasteiger partial charge in [-0.25, -0.2) is 0 Å². The van der Waals surface area contributed by atoms with Crippen LogP contribution in [0.1, 0.15) is 57.6 Å². The van der Waals surface area contributed by atoms with Crippen molar-refractivity contribution in [2.45, 2.75) is 52.0 Å². The number of pyridine rings is 1. The number of aromatic nitrogens is 1. The third-order valence-electron chi connectivity index (χ3n) is 2.92. The SMILES string of the molecule is CCCCCCCN[C@H](C)c1cccnc1. The Balaban J connectivity index is 2.09. The van der Waals surface area contributed by atoms with E-state index in [9.17, 15) is 0 Å². The summed E-state index contributed by atoms with van der Waals surface area (Å²) in [4.78, 5) is 4.13. The molecule has 0 aliphatic carbocycles. The smallest absolute Gasteiger partial charge is 0.0315 e. The maximum Gasteiger partial charge on any atom is 0.0315 e. The third kappa shape index (κ3) is 5.26. The largest absolute Gasteiger partial charge is 0.310 e. The summed E-state index contributed by atoms with van der Waals surface area (Å²) in [5, 5.41) is 3.54. The first kappa shape index (κ1) is 13.2. The number of hydrogen-bond acceptors (Lipinski definition) is 2. The van der Waals surface area contributed by atoms with Gasteiger partial charge >= 0.3 is 0 Å². The lowest BCUT2D eigenvalue weighted by atomic mass is 10.1. The van der Waals surface area contributed by atoms with Gasteiger partial charge in [-0.1, -0.05) is 38.7 Å². The summed E-state index contributed by atoms with van der Waals surface area (Å²) in [6.45, 7) is 5.56. The summed E-state index contributed by atoms with van der Waals surface area (Å²) < 4.78 is 0. The molecular formula is C14H24N2. The fourth-order valence-electron chi connectivity index (χ4n) is 1.80. The van der Waals surface area contributed by atoms with E-state index >= 15 is 0 Å². The van der Waals surface area contributed by atoms with Gasteiger partial charge in [0, 0.05) is 18.4 Å². The van der Waals surface area contributed by atoms with Crippen molar-refractivity contribution in [2.75, 3.05) is 6.54 Å². The Labute approximate surface area is 99.5 Å². The van der Waals surface area contributed by atoms with Crippen LogP contribution < -0.4 is 5.32 Å². The van der Waals surface area contributed by atoms with Crippen LogP contribution in [-0.4, -0.2) is 11.5 Å². The zero-order valence-corrected chi connectivity index (χ0v) is 10.6. The second-order valence-corrected chi connectivity index (χ2v) is 4.38. The van der Waals surface area contributed by atoms with Gasteiger partial charge in [-0.2, -0.15) is 0 Å². The summed E-state index contributed by atoms with van der Waals surface area (Å²) in [6.07, 6.45) is 10.5. The molecule has 2 nitrogen and oxygen atoms in total. The molecule has 0 radical (unpaired) electrons. The van der Waals surface area contributed by atoms with Crippen LogP contribution in [0.2, 0.25) is 0 Å². The van der Waals surface area contributed by atoms with E-state index < -0.39 is 0 Å². The lowest BCUT2D eigenvalue weighted by molar-refractivity contribution is 0.530. The first-order valence-corrected chi connectivity index (χ1v) is 6.48. The highest BCUT2D eigenvalue weighted by molar-refractivity contribution is 5.12. The number of nitrogens with one attached hydrogen (secondary N) is 1. The normalized spacial score (nSPS) is 12.6. The van der Waals surface area contributed by atoms with Crippen LogP contribution in [-0.2, 0) is 0 Å². The second kappa shape index (κ2) is 8.28. The zero-order valence-electron chi connectivity index (χ0n) is 10.6. The van der Waals surface area contributed by atoms with Crippen molar-refractivity contribution >= 4 is 0 Å². The third-order valence-corrected chi connectivity index (χ3v) is 2.92. The number of rotatable bonds is 8. The summed E-state index contributed by atoms with van der Waals surface area (Å²) in [5.74, 6) is 0. The molecule has 0 unspecified atom stereocenters. The molecule has 1 heterocycles. The topological polar surface area (TPSA) is 24.9 Å². The molecule has 1 aromatic heterocycles. The van der Waals surface area contributed by atoms with Crippen molar-refractivity contribution in [3.63, 3.8) is 0 Å². The Morgan fingerprint density at radius 1 is 1.25 bits per heavy atom. The van der Waals surface area contributed by atoms with E-state index in [0.717, 1.165) is 6.54 Å². The average Bonchev–Trinajstić information content (AvgIpc) is 2.34.